The van der Waals surface area contributed by atoms with Crippen molar-refractivity contribution in [1.82, 2.24) is 30.0 Å². The quantitative estimate of drug-likeness (QED) is 0.176. The van der Waals surface area contributed by atoms with Gasteiger partial charge in [0.05, 0.1) is 27.6 Å². The van der Waals surface area contributed by atoms with Gasteiger partial charge < -0.3 is 20.1 Å². The molecule has 1 unspecified atom stereocenters. The van der Waals surface area contributed by atoms with Crippen molar-refractivity contribution in [1.29, 1.82) is 0 Å². The Balaban J connectivity index is 1.52. The predicted molar refractivity (Wildman–Crippen MR) is 162 cm³/mol. The first-order valence-corrected chi connectivity index (χ1v) is 17.9. The number of nitrogens with one attached hydrogen (secondary N) is 1. The first kappa shape index (κ1) is 28.2. The summed E-state index contributed by atoms with van der Waals surface area (Å²) in [5.41, 5.74) is 4.05. The standard InChI is InChI=1S/C28H34BrN7O3Si/c1-40(2,3)13-12-39-18-36-25-16-31-24(19-6-4-10-30-15-19)14-21(25)26(34-36)23-9-8-22(29)27(33-23)35-11-5-7-20(17-35)32-28(37)38/h4,6,8-10,14-16,20,32H,5,7,11-13,17-18H2,1-3H3,(H,37,38). The van der Waals surface area contributed by atoms with Gasteiger partial charge in [-0.2, -0.15) is 5.10 Å². The maximum absolute atomic E-state index is 11.2. The summed E-state index contributed by atoms with van der Waals surface area (Å²) in [7, 11) is -1.21. The molecule has 1 atom stereocenters. The highest BCUT2D eigenvalue weighted by Crippen LogP contribution is 2.34. The molecule has 0 aliphatic carbocycles. The van der Waals surface area contributed by atoms with Gasteiger partial charge in [-0.05, 0) is 65.1 Å². The number of carboxylic acid groups (broad SMARTS) is 1. The molecule has 210 valence electrons. The third-order valence-electron chi connectivity index (χ3n) is 6.92. The van der Waals surface area contributed by atoms with Crippen LogP contribution in [0.25, 0.3) is 33.5 Å². The van der Waals surface area contributed by atoms with Crippen molar-refractivity contribution in [2.24, 2.45) is 0 Å². The van der Waals surface area contributed by atoms with Crippen molar-refractivity contribution >= 4 is 46.8 Å². The van der Waals surface area contributed by atoms with Crippen LogP contribution >= 0.6 is 15.9 Å². The minimum atomic E-state index is -1.21. The molecule has 5 heterocycles. The third-order valence-corrected chi connectivity index (χ3v) is 9.25. The minimum absolute atomic E-state index is 0.148. The van der Waals surface area contributed by atoms with E-state index in [4.69, 9.17) is 19.8 Å². The zero-order chi connectivity index (χ0) is 28.3. The Hall–Kier alpha value is -3.35. The molecule has 1 aliphatic rings. The van der Waals surface area contributed by atoms with E-state index in [0.29, 0.717) is 19.9 Å². The summed E-state index contributed by atoms with van der Waals surface area (Å²) in [5.74, 6) is 0.769. The van der Waals surface area contributed by atoms with E-state index < -0.39 is 14.2 Å². The lowest BCUT2D eigenvalue weighted by Gasteiger charge is -2.34. The normalized spacial score (nSPS) is 15.9. The van der Waals surface area contributed by atoms with Crippen LogP contribution in [0.3, 0.4) is 0 Å². The molecule has 0 spiro atoms. The van der Waals surface area contributed by atoms with Gasteiger partial charge >= 0.3 is 6.09 Å². The lowest BCUT2D eigenvalue weighted by molar-refractivity contribution is 0.0818. The fraction of sp³-hybridized carbons (Fsp3) is 0.393. The minimum Gasteiger partial charge on any atom is -0.465 e. The summed E-state index contributed by atoms with van der Waals surface area (Å²) < 4.78 is 8.76. The zero-order valence-corrected chi connectivity index (χ0v) is 25.6. The van der Waals surface area contributed by atoms with Crippen LogP contribution in [0.2, 0.25) is 25.7 Å². The average Bonchev–Trinajstić information content (AvgIpc) is 3.29. The lowest BCUT2D eigenvalue weighted by Crippen LogP contribution is -2.47. The topological polar surface area (TPSA) is 118 Å². The van der Waals surface area contributed by atoms with Gasteiger partial charge in [-0.1, -0.05) is 19.6 Å². The summed E-state index contributed by atoms with van der Waals surface area (Å²) in [5, 5.41) is 17.7. The number of amides is 1. The number of anilines is 1. The molecule has 4 aromatic rings. The van der Waals surface area contributed by atoms with Crippen LogP contribution in [-0.4, -0.2) is 69.7 Å². The smallest absolute Gasteiger partial charge is 0.404 e. The van der Waals surface area contributed by atoms with Crippen LogP contribution in [0.4, 0.5) is 10.6 Å². The second-order valence-corrected chi connectivity index (χ2v) is 17.7. The van der Waals surface area contributed by atoms with E-state index in [9.17, 15) is 9.90 Å². The zero-order valence-electron chi connectivity index (χ0n) is 23.0. The van der Waals surface area contributed by atoms with Gasteiger partial charge in [0.15, 0.2) is 0 Å². The fourth-order valence-corrected chi connectivity index (χ4v) is 6.04. The molecule has 0 radical (unpaired) electrons. The molecule has 10 nitrogen and oxygen atoms in total. The molecule has 1 saturated heterocycles. The first-order chi connectivity index (χ1) is 19.2. The number of hydrogen-bond acceptors (Lipinski definition) is 7. The van der Waals surface area contributed by atoms with E-state index in [-0.39, 0.29) is 6.04 Å². The predicted octanol–water partition coefficient (Wildman–Crippen LogP) is 5.87. The third kappa shape index (κ3) is 6.68. The van der Waals surface area contributed by atoms with Gasteiger partial charge in [0, 0.05) is 57.2 Å². The number of halogens is 1. The fourth-order valence-electron chi connectivity index (χ4n) is 4.81. The van der Waals surface area contributed by atoms with Crippen molar-refractivity contribution < 1.29 is 14.6 Å². The molecule has 40 heavy (non-hydrogen) atoms. The number of rotatable bonds is 9. The van der Waals surface area contributed by atoms with Crippen molar-refractivity contribution in [3.05, 3.63) is 53.4 Å². The number of nitrogens with zero attached hydrogens (tertiary/aromatic N) is 6. The summed E-state index contributed by atoms with van der Waals surface area (Å²) in [4.78, 5) is 27.4. The van der Waals surface area contributed by atoms with Gasteiger partial charge in [0.1, 0.15) is 18.2 Å². The van der Waals surface area contributed by atoms with Gasteiger partial charge in [-0.15, -0.1) is 0 Å². The Labute approximate surface area is 242 Å². The summed E-state index contributed by atoms with van der Waals surface area (Å²) in [6.45, 7) is 9.36. The summed E-state index contributed by atoms with van der Waals surface area (Å²) in [6, 6.07) is 10.8. The first-order valence-electron chi connectivity index (χ1n) is 13.4. The van der Waals surface area contributed by atoms with Crippen LogP contribution in [-0.2, 0) is 11.5 Å². The van der Waals surface area contributed by atoms with Crippen molar-refractivity contribution in [3.8, 4) is 22.6 Å². The maximum Gasteiger partial charge on any atom is 0.404 e. The summed E-state index contributed by atoms with van der Waals surface area (Å²) in [6.07, 6.45) is 6.05. The Morgan fingerprint density at radius 1 is 1.23 bits per heavy atom. The Bertz CT molecular complexity index is 1490. The molecule has 4 aromatic heterocycles. The lowest BCUT2D eigenvalue weighted by atomic mass is 10.1. The number of ether oxygens (including phenoxy) is 1. The van der Waals surface area contributed by atoms with E-state index in [2.05, 4.69) is 50.8 Å². The van der Waals surface area contributed by atoms with Crippen molar-refractivity contribution in [2.45, 2.75) is 51.3 Å². The van der Waals surface area contributed by atoms with Crippen LogP contribution in [0, 0.1) is 0 Å². The Kier molecular flexibility index (Phi) is 8.48. The highest BCUT2D eigenvalue weighted by molar-refractivity contribution is 9.10. The highest BCUT2D eigenvalue weighted by Gasteiger charge is 2.25. The van der Waals surface area contributed by atoms with Crippen LogP contribution in [0.1, 0.15) is 12.8 Å². The molecular weight excluding hydrogens is 590 g/mol. The monoisotopic (exact) mass is 623 g/mol. The number of aromatic nitrogens is 5. The van der Waals surface area contributed by atoms with Crippen LogP contribution in [0.5, 0.6) is 0 Å². The molecule has 0 saturated carbocycles. The van der Waals surface area contributed by atoms with E-state index in [1.54, 1.807) is 12.4 Å². The van der Waals surface area contributed by atoms with Crippen LogP contribution in [0.15, 0.2) is 53.4 Å². The van der Waals surface area contributed by atoms with E-state index in [1.807, 2.05) is 41.2 Å². The Morgan fingerprint density at radius 3 is 2.83 bits per heavy atom. The van der Waals surface area contributed by atoms with Gasteiger partial charge in [0.25, 0.3) is 0 Å². The average molecular weight is 625 g/mol. The molecule has 1 aliphatic heterocycles. The van der Waals surface area contributed by atoms with E-state index in [1.165, 1.54) is 0 Å². The van der Waals surface area contributed by atoms with Crippen LogP contribution < -0.4 is 10.2 Å². The maximum atomic E-state index is 11.2. The molecule has 12 heteroatoms. The van der Waals surface area contributed by atoms with Gasteiger partial charge in [-0.3, -0.25) is 9.97 Å². The number of fused-ring (bicyclic) bond motifs is 1. The number of carbonyl (C=O) groups is 1. The number of piperidine rings is 1. The molecule has 0 bridgehead atoms. The van der Waals surface area contributed by atoms with E-state index in [0.717, 1.165) is 69.3 Å². The van der Waals surface area contributed by atoms with Gasteiger partial charge in [-0.25, -0.2) is 14.5 Å². The molecular formula is C28H34BrN7O3Si. The Morgan fingerprint density at radius 2 is 2.08 bits per heavy atom. The van der Waals surface area contributed by atoms with Crippen molar-refractivity contribution in [3.63, 3.8) is 0 Å². The second kappa shape index (κ2) is 12.0. The molecule has 0 aromatic carbocycles. The summed E-state index contributed by atoms with van der Waals surface area (Å²) >= 11 is 3.66. The highest BCUT2D eigenvalue weighted by atomic mass is 79.9. The number of hydrogen-bond donors (Lipinski definition) is 2. The van der Waals surface area contributed by atoms with Gasteiger partial charge in [0.2, 0.25) is 0 Å². The second-order valence-electron chi connectivity index (χ2n) is 11.3. The van der Waals surface area contributed by atoms with Crippen molar-refractivity contribution in [2.75, 3.05) is 24.6 Å². The number of pyridine rings is 3. The molecule has 1 amide bonds. The van der Waals surface area contributed by atoms with E-state index >= 15 is 0 Å². The molecule has 5 rings (SSSR count). The largest absolute Gasteiger partial charge is 0.465 e. The molecule has 1 fully saturated rings. The SMILES string of the molecule is C[Si](C)(C)CCOCn1nc(-c2ccc(Br)c(N3CCCC(NC(=O)O)C3)n2)c2cc(-c3cccnc3)ncc21. The molecule has 2 N–H and O–H groups in total.